The predicted molar refractivity (Wildman–Crippen MR) is 75.9 cm³/mol. The van der Waals surface area contributed by atoms with Crippen molar-refractivity contribution in [2.45, 2.75) is 52.0 Å². The summed E-state index contributed by atoms with van der Waals surface area (Å²) in [5.41, 5.74) is 0.458. The Morgan fingerprint density at radius 3 is 2.72 bits per heavy atom. The van der Waals surface area contributed by atoms with E-state index in [9.17, 15) is 0 Å². The van der Waals surface area contributed by atoms with Crippen LogP contribution < -0.4 is 5.32 Å². The molecule has 18 heavy (non-hydrogen) atoms. The summed E-state index contributed by atoms with van der Waals surface area (Å²) in [5.74, 6) is 0. The van der Waals surface area contributed by atoms with Gasteiger partial charge in [-0.1, -0.05) is 13.3 Å². The van der Waals surface area contributed by atoms with E-state index >= 15 is 0 Å². The Labute approximate surface area is 112 Å². The monoisotopic (exact) mass is 254 g/mol. The van der Waals surface area contributed by atoms with Crippen LogP contribution in [-0.2, 0) is 4.74 Å². The van der Waals surface area contributed by atoms with Crippen LogP contribution in [0.1, 0.15) is 46.0 Å². The van der Waals surface area contributed by atoms with Crippen molar-refractivity contribution >= 4 is 0 Å². The van der Waals surface area contributed by atoms with E-state index in [-0.39, 0.29) is 0 Å². The molecular weight excluding hydrogens is 224 g/mol. The van der Waals surface area contributed by atoms with Crippen LogP contribution in [0.4, 0.5) is 0 Å². The summed E-state index contributed by atoms with van der Waals surface area (Å²) >= 11 is 0. The molecule has 0 aromatic rings. The van der Waals surface area contributed by atoms with Crippen LogP contribution in [0.25, 0.3) is 0 Å². The van der Waals surface area contributed by atoms with Crippen LogP contribution in [0, 0.1) is 5.41 Å². The van der Waals surface area contributed by atoms with E-state index < -0.39 is 0 Å². The van der Waals surface area contributed by atoms with Gasteiger partial charge in [0, 0.05) is 32.3 Å². The first-order valence-corrected chi connectivity index (χ1v) is 7.78. The number of likely N-dealkylation sites (tertiary alicyclic amines) is 1. The van der Waals surface area contributed by atoms with Gasteiger partial charge in [0.2, 0.25) is 0 Å². The molecule has 1 atom stereocenters. The van der Waals surface area contributed by atoms with E-state index in [0.29, 0.717) is 5.41 Å². The van der Waals surface area contributed by atoms with Crippen molar-refractivity contribution in [2.24, 2.45) is 5.41 Å². The molecular formula is C15H30N2O. The smallest absolute Gasteiger partial charge is 0.0472 e. The van der Waals surface area contributed by atoms with E-state index in [2.05, 4.69) is 24.1 Å². The van der Waals surface area contributed by atoms with Gasteiger partial charge in [-0.2, -0.15) is 0 Å². The molecule has 0 amide bonds. The lowest BCUT2D eigenvalue weighted by atomic mass is 9.78. The second-order valence-electron chi connectivity index (χ2n) is 6.21. The summed E-state index contributed by atoms with van der Waals surface area (Å²) in [5, 5.41) is 3.58. The van der Waals surface area contributed by atoms with Crippen molar-refractivity contribution in [2.75, 3.05) is 39.4 Å². The Kier molecular flexibility index (Phi) is 5.46. The van der Waals surface area contributed by atoms with Gasteiger partial charge < -0.3 is 15.0 Å². The SMILES string of the molecule is CCNCC1(CN2CCCCC2C)CCOCC1. The third kappa shape index (κ3) is 3.69. The summed E-state index contributed by atoms with van der Waals surface area (Å²) in [6, 6.07) is 0.778. The standard InChI is InChI=1S/C15H30N2O/c1-3-16-12-15(7-10-18-11-8-15)13-17-9-5-4-6-14(17)2/h14,16H,3-13H2,1-2H3. The van der Waals surface area contributed by atoms with E-state index in [4.69, 9.17) is 4.74 Å². The molecule has 0 aliphatic carbocycles. The van der Waals surface area contributed by atoms with Crippen molar-refractivity contribution in [3.63, 3.8) is 0 Å². The lowest BCUT2D eigenvalue weighted by Crippen LogP contribution is -2.50. The number of hydrogen-bond donors (Lipinski definition) is 1. The predicted octanol–water partition coefficient (Wildman–Crippen LogP) is 2.27. The minimum Gasteiger partial charge on any atom is -0.381 e. The fourth-order valence-electron chi connectivity index (χ4n) is 3.41. The molecule has 3 heteroatoms. The van der Waals surface area contributed by atoms with Crippen LogP contribution in [0.2, 0.25) is 0 Å². The van der Waals surface area contributed by atoms with E-state index in [1.165, 1.54) is 45.2 Å². The largest absolute Gasteiger partial charge is 0.381 e. The van der Waals surface area contributed by atoms with Crippen LogP contribution in [0.5, 0.6) is 0 Å². The molecule has 0 radical (unpaired) electrons. The lowest BCUT2D eigenvalue weighted by molar-refractivity contribution is -0.0153. The van der Waals surface area contributed by atoms with Gasteiger partial charge in [0.05, 0.1) is 0 Å². The molecule has 1 unspecified atom stereocenters. The first-order valence-electron chi connectivity index (χ1n) is 7.78. The molecule has 106 valence electrons. The summed E-state index contributed by atoms with van der Waals surface area (Å²) < 4.78 is 5.57. The van der Waals surface area contributed by atoms with Gasteiger partial charge in [-0.05, 0) is 51.1 Å². The highest BCUT2D eigenvalue weighted by Crippen LogP contribution is 2.33. The zero-order valence-electron chi connectivity index (χ0n) is 12.2. The number of rotatable bonds is 5. The normalized spacial score (nSPS) is 29.3. The lowest BCUT2D eigenvalue weighted by Gasteiger charge is -2.44. The Balaban J connectivity index is 1.94. The first kappa shape index (κ1) is 14.3. The highest BCUT2D eigenvalue weighted by atomic mass is 16.5. The molecule has 3 nitrogen and oxygen atoms in total. The third-order valence-corrected chi connectivity index (χ3v) is 4.78. The van der Waals surface area contributed by atoms with Gasteiger partial charge in [0.15, 0.2) is 0 Å². The number of piperidine rings is 1. The van der Waals surface area contributed by atoms with Crippen LogP contribution in [0.3, 0.4) is 0 Å². The third-order valence-electron chi connectivity index (χ3n) is 4.78. The van der Waals surface area contributed by atoms with Crippen LogP contribution >= 0.6 is 0 Å². The van der Waals surface area contributed by atoms with Crippen molar-refractivity contribution < 1.29 is 4.74 Å². The molecule has 0 bridgehead atoms. The highest BCUT2D eigenvalue weighted by Gasteiger charge is 2.35. The van der Waals surface area contributed by atoms with Crippen molar-refractivity contribution in [3.05, 3.63) is 0 Å². The van der Waals surface area contributed by atoms with E-state index in [1.54, 1.807) is 0 Å². The first-order chi connectivity index (χ1) is 8.76. The van der Waals surface area contributed by atoms with E-state index in [0.717, 1.165) is 32.3 Å². The minimum absolute atomic E-state index is 0.458. The van der Waals surface area contributed by atoms with E-state index in [1.807, 2.05) is 0 Å². The molecule has 0 aromatic heterocycles. The quantitative estimate of drug-likeness (QED) is 0.814. The van der Waals surface area contributed by atoms with Gasteiger partial charge in [0.1, 0.15) is 0 Å². The molecule has 0 saturated carbocycles. The average molecular weight is 254 g/mol. The molecule has 0 spiro atoms. The summed E-state index contributed by atoms with van der Waals surface area (Å²) in [6.07, 6.45) is 6.64. The Morgan fingerprint density at radius 1 is 1.28 bits per heavy atom. The Morgan fingerprint density at radius 2 is 2.06 bits per heavy atom. The number of nitrogens with zero attached hydrogens (tertiary/aromatic N) is 1. The maximum atomic E-state index is 5.57. The maximum absolute atomic E-state index is 5.57. The van der Waals surface area contributed by atoms with Crippen molar-refractivity contribution in [3.8, 4) is 0 Å². The van der Waals surface area contributed by atoms with Gasteiger partial charge >= 0.3 is 0 Å². The number of hydrogen-bond acceptors (Lipinski definition) is 3. The number of ether oxygens (including phenoxy) is 1. The molecule has 2 aliphatic heterocycles. The van der Waals surface area contributed by atoms with Crippen LogP contribution in [0.15, 0.2) is 0 Å². The number of nitrogens with one attached hydrogen (secondary N) is 1. The van der Waals surface area contributed by atoms with Crippen molar-refractivity contribution in [1.29, 1.82) is 0 Å². The summed E-state index contributed by atoms with van der Waals surface area (Å²) in [6.45, 7) is 11.3. The van der Waals surface area contributed by atoms with Gasteiger partial charge in [0.25, 0.3) is 0 Å². The van der Waals surface area contributed by atoms with Gasteiger partial charge in [-0.15, -0.1) is 0 Å². The zero-order chi connectivity index (χ0) is 12.8. The average Bonchev–Trinajstić information content (AvgIpc) is 2.40. The van der Waals surface area contributed by atoms with Gasteiger partial charge in [-0.25, -0.2) is 0 Å². The fraction of sp³-hybridized carbons (Fsp3) is 1.00. The molecule has 2 aliphatic rings. The second kappa shape index (κ2) is 6.88. The van der Waals surface area contributed by atoms with Crippen molar-refractivity contribution in [1.82, 2.24) is 10.2 Å². The molecule has 2 saturated heterocycles. The fourth-order valence-corrected chi connectivity index (χ4v) is 3.41. The Bertz CT molecular complexity index is 239. The molecule has 2 fully saturated rings. The highest BCUT2D eigenvalue weighted by molar-refractivity contribution is 4.89. The summed E-state index contributed by atoms with van der Waals surface area (Å²) in [7, 11) is 0. The van der Waals surface area contributed by atoms with Gasteiger partial charge in [-0.3, -0.25) is 0 Å². The zero-order valence-corrected chi connectivity index (χ0v) is 12.2. The molecule has 2 heterocycles. The molecule has 2 rings (SSSR count). The molecule has 1 N–H and O–H groups in total. The Hall–Kier alpha value is -0.120. The maximum Gasteiger partial charge on any atom is 0.0472 e. The van der Waals surface area contributed by atoms with Crippen LogP contribution in [-0.4, -0.2) is 50.3 Å². The topological polar surface area (TPSA) is 24.5 Å². The second-order valence-corrected chi connectivity index (χ2v) is 6.21. The molecule has 0 aromatic carbocycles. The minimum atomic E-state index is 0.458. The summed E-state index contributed by atoms with van der Waals surface area (Å²) in [4.78, 5) is 2.73.